The Labute approximate surface area is 169 Å². The summed E-state index contributed by atoms with van der Waals surface area (Å²) in [6.45, 7) is 4.51. The molecule has 0 saturated carbocycles. The van der Waals surface area contributed by atoms with Gasteiger partial charge in [0.2, 0.25) is 5.91 Å². The van der Waals surface area contributed by atoms with Crippen molar-refractivity contribution >= 4 is 34.9 Å². The summed E-state index contributed by atoms with van der Waals surface area (Å²) in [5.41, 5.74) is 2.78. The van der Waals surface area contributed by atoms with Crippen molar-refractivity contribution in [2.45, 2.75) is 19.4 Å². The second kappa shape index (κ2) is 7.72. The summed E-state index contributed by atoms with van der Waals surface area (Å²) in [6, 6.07) is 13.4. The maximum Gasteiger partial charge on any atom is 0.315 e. The van der Waals surface area contributed by atoms with E-state index in [1.165, 1.54) is 0 Å². The molecule has 1 N–H and O–H groups in total. The number of carbonyl (C=O) groups is 2. The molecule has 2 aromatic rings. The first kappa shape index (κ1) is 18.6. The number of hydrogen-bond donors (Lipinski definition) is 1. The fourth-order valence-corrected chi connectivity index (χ4v) is 3.84. The standard InChI is InChI=1S/C21H22ClN3O3/c1-14-13-24(18-6-3-16(22)4-7-18)8-9-25(14)20(26)12-23-17-5-2-15-10-21(27)28-19(15)11-17/h2-7,11,14,23H,8-10,12-13H2,1H3/t14-/m1/s1. The number of anilines is 2. The third-order valence-corrected chi connectivity index (χ3v) is 5.46. The number of esters is 1. The maximum absolute atomic E-state index is 12.7. The van der Waals surface area contributed by atoms with Gasteiger partial charge >= 0.3 is 5.97 Å². The lowest BCUT2D eigenvalue weighted by Gasteiger charge is -2.41. The number of nitrogens with one attached hydrogen (secondary N) is 1. The van der Waals surface area contributed by atoms with Crippen LogP contribution in [0.15, 0.2) is 42.5 Å². The molecule has 2 aliphatic heterocycles. The molecule has 7 heteroatoms. The molecule has 0 bridgehead atoms. The largest absolute Gasteiger partial charge is 0.426 e. The third kappa shape index (κ3) is 3.92. The fraction of sp³-hybridized carbons (Fsp3) is 0.333. The first-order valence-corrected chi connectivity index (χ1v) is 9.75. The van der Waals surface area contributed by atoms with Crippen LogP contribution in [-0.2, 0) is 16.0 Å². The van der Waals surface area contributed by atoms with Crippen molar-refractivity contribution in [1.82, 2.24) is 4.90 Å². The molecule has 2 aromatic carbocycles. The van der Waals surface area contributed by atoms with Crippen molar-refractivity contribution in [2.75, 3.05) is 36.4 Å². The zero-order chi connectivity index (χ0) is 19.7. The Kier molecular flexibility index (Phi) is 5.13. The molecule has 0 aliphatic carbocycles. The molecule has 6 nitrogen and oxygen atoms in total. The molecule has 4 rings (SSSR count). The average Bonchev–Trinajstić information content (AvgIpc) is 3.06. The number of benzene rings is 2. The van der Waals surface area contributed by atoms with Crippen LogP contribution in [0.3, 0.4) is 0 Å². The number of fused-ring (bicyclic) bond motifs is 1. The number of carbonyl (C=O) groups excluding carboxylic acids is 2. The van der Waals surface area contributed by atoms with E-state index in [4.69, 9.17) is 16.3 Å². The van der Waals surface area contributed by atoms with Gasteiger partial charge in [0.25, 0.3) is 0 Å². The van der Waals surface area contributed by atoms with Crippen LogP contribution < -0.4 is 15.0 Å². The lowest BCUT2D eigenvalue weighted by atomic mass is 10.1. The highest BCUT2D eigenvalue weighted by Gasteiger charge is 2.27. The summed E-state index contributed by atoms with van der Waals surface area (Å²) in [5, 5.41) is 3.87. The van der Waals surface area contributed by atoms with Crippen LogP contribution in [0.2, 0.25) is 5.02 Å². The Balaban J connectivity index is 1.32. The average molecular weight is 400 g/mol. The van der Waals surface area contributed by atoms with Crippen LogP contribution in [0.25, 0.3) is 0 Å². The number of rotatable bonds is 4. The smallest absolute Gasteiger partial charge is 0.315 e. The first-order chi connectivity index (χ1) is 13.5. The summed E-state index contributed by atoms with van der Waals surface area (Å²) in [6.07, 6.45) is 0.309. The molecule has 146 valence electrons. The van der Waals surface area contributed by atoms with Crippen LogP contribution in [0.4, 0.5) is 11.4 Å². The van der Waals surface area contributed by atoms with E-state index < -0.39 is 0 Å². The fourth-order valence-electron chi connectivity index (χ4n) is 3.71. The van der Waals surface area contributed by atoms with Crippen LogP contribution >= 0.6 is 11.6 Å². The number of ether oxygens (including phenoxy) is 1. The minimum atomic E-state index is -0.240. The van der Waals surface area contributed by atoms with Crippen LogP contribution in [0, 0.1) is 0 Å². The second-order valence-electron chi connectivity index (χ2n) is 7.19. The van der Waals surface area contributed by atoms with Gasteiger partial charge in [-0.15, -0.1) is 0 Å². The van der Waals surface area contributed by atoms with Gasteiger partial charge in [-0.25, -0.2) is 0 Å². The number of nitrogens with zero attached hydrogens (tertiary/aromatic N) is 2. The van der Waals surface area contributed by atoms with E-state index in [0.29, 0.717) is 18.7 Å². The quantitative estimate of drug-likeness (QED) is 0.632. The van der Waals surface area contributed by atoms with E-state index in [1.54, 1.807) is 6.07 Å². The summed E-state index contributed by atoms with van der Waals surface area (Å²) < 4.78 is 5.16. The van der Waals surface area contributed by atoms with Gasteiger partial charge in [-0.3, -0.25) is 9.59 Å². The number of hydrogen-bond acceptors (Lipinski definition) is 5. The zero-order valence-electron chi connectivity index (χ0n) is 15.7. The van der Waals surface area contributed by atoms with E-state index in [9.17, 15) is 9.59 Å². The van der Waals surface area contributed by atoms with Gasteiger partial charge in [-0.2, -0.15) is 0 Å². The van der Waals surface area contributed by atoms with Gasteiger partial charge in [-0.1, -0.05) is 17.7 Å². The Hall–Kier alpha value is -2.73. The van der Waals surface area contributed by atoms with Crippen LogP contribution in [0.5, 0.6) is 5.75 Å². The van der Waals surface area contributed by atoms with Gasteiger partial charge in [-0.05, 0) is 37.3 Å². The molecule has 1 fully saturated rings. The van der Waals surface area contributed by atoms with Crippen molar-refractivity contribution in [1.29, 1.82) is 0 Å². The third-order valence-electron chi connectivity index (χ3n) is 5.21. The summed E-state index contributed by atoms with van der Waals surface area (Å²) in [7, 11) is 0. The van der Waals surface area contributed by atoms with Crippen molar-refractivity contribution in [3.63, 3.8) is 0 Å². The van der Waals surface area contributed by atoms with Crippen LogP contribution in [0.1, 0.15) is 12.5 Å². The van der Waals surface area contributed by atoms with E-state index in [-0.39, 0.29) is 24.5 Å². The highest BCUT2D eigenvalue weighted by atomic mass is 35.5. The van der Waals surface area contributed by atoms with Crippen LogP contribution in [-0.4, -0.2) is 49.0 Å². The monoisotopic (exact) mass is 399 g/mol. The van der Waals surface area contributed by atoms with Gasteiger partial charge < -0.3 is 19.9 Å². The molecule has 1 amide bonds. The number of amides is 1. The Bertz CT molecular complexity index is 900. The highest BCUT2D eigenvalue weighted by molar-refractivity contribution is 6.30. The second-order valence-corrected chi connectivity index (χ2v) is 7.62. The number of piperazine rings is 1. The zero-order valence-corrected chi connectivity index (χ0v) is 16.4. The Morgan fingerprint density at radius 3 is 2.75 bits per heavy atom. The number of halogens is 1. The first-order valence-electron chi connectivity index (χ1n) is 9.37. The SMILES string of the molecule is C[C@@H]1CN(c2ccc(Cl)cc2)CCN1C(=O)CNc1ccc2c(c1)OC(=O)C2. The molecule has 0 aromatic heterocycles. The molecule has 2 heterocycles. The van der Waals surface area contributed by atoms with Gasteiger partial charge in [0.05, 0.1) is 13.0 Å². The normalized spacial score (nSPS) is 18.6. The molecule has 1 atom stereocenters. The van der Waals surface area contributed by atoms with Crippen molar-refractivity contribution in [3.05, 3.63) is 53.1 Å². The van der Waals surface area contributed by atoms with Gasteiger partial charge in [0.15, 0.2) is 0 Å². The minimum Gasteiger partial charge on any atom is -0.426 e. The van der Waals surface area contributed by atoms with Crippen molar-refractivity contribution in [2.24, 2.45) is 0 Å². The predicted molar refractivity (Wildman–Crippen MR) is 109 cm³/mol. The van der Waals surface area contributed by atoms with Crippen molar-refractivity contribution in [3.8, 4) is 5.75 Å². The van der Waals surface area contributed by atoms with E-state index in [2.05, 4.69) is 17.1 Å². The molecule has 28 heavy (non-hydrogen) atoms. The van der Waals surface area contributed by atoms with Gasteiger partial charge in [0, 0.05) is 53.7 Å². The molecule has 0 unspecified atom stereocenters. The molecule has 0 radical (unpaired) electrons. The molecule has 1 saturated heterocycles. The maximum atomic E-state index is 12.7. The molecule has 2 aliphatic rings. The summed E-state index contributed by atoms with van der Waals surface area (Å²) >= 11 is 5.96. The minimum absolute atomic E-state index is 0.0562. The molecule has 0 spiro atoms. The van der Waals surface area contributed by atoms with E-state index >= 15 is 0 Å². The molecular formula is C21H22ClN3O3. The van der Waals surface area contributed by atoms with Gasteiger partial charge in [0.1, 0.15) is 5.75 Å². The topological polar surface area (TPSA) is 61.9 Å². The summed E-state index contributed by atoms with van der Waals surface area (Å²) in [4.78, 5) is 28.2. The lowest BCUT2D eigenvalue weighted by molar-refractivity contribution is -0.132. The van der Waals surface area contributed by atoms with E-state index in [0.717, 1.165) is 35.1 Å². The Morgan fingerprint density at radius 2 is 2.00 bits per heavy atom. The summed E-state index contributed by atoms with van der Waals surface area (Å²) in [5.74, 6) is 0.392. The van der Waals surface area contributed by atoms with Crippen molar-refractivity contribution < 1.29 is 14.3 Å². The van der Waals surface area contributed by atoms with E-state index in [1.807, 2.05) is 41.3 Å². The lowest BCUT2D eigenvalue weighted by Crippen LogP contribution is -2.55. The highest BCUT2D eigenvalue weighted by Crippen LogP contribution is 2.29. The predicted octanol–water partition coefficient (Wildman–Crippen LogP) is 2.95. The Morgan fingerprint density at radius 1 is 1.21 bits per heavy atom. The molecular weight excluding hydrogens is 378 g/mol.